The fraction of sp³-hybridized carbons (Fsp3) is 0.562. The predicted molar refractivity (Wildman–Crippen MR) is 81.8 cm³/mol. The number of hydrogen-bond acceptors (Lipinski definition) is 4. The summed E-state index contributed by atoms with van der Waals surface area (Å²) in [5, 5.41) is 5.77. The van der Waals surface area contributed by atoms with Crippen molar-refractivity contribution in [1.29, 1.82) is 0 Å². The summed E-state index contributed by atoms with van der Waals surface area (Å²) in [6.07, 6.45) is -4.68. The fourth-order valence-electron chi connectivity index (χ4n) is 2.42. The third kappa shape index (κ3) is 5.38. The summed E-state index contributed by atoms with van der Waals surface area (Å²) in [5.41, 5.74) is 1.26. The van der Waals surface area contributed by atoms with Crippen LogP contribution in [0.2, 0.25) is 0 Å². The van der Waals surface area contributed by atoms with Gasteiger partial charge in [0.2, 0.25) is 5.91 Å². The second-order valence-electron chi connectivity index (χ2n) is 5.74. The first kappa shape index (κ1) is 18.5. The second-order valence-corrected chi connectivity index (χ2v) is 5.74. The van der Waals surface area contributed by atoms with E-state index in [-0.39, 0.29) is 24.3 Å². The number of aryl methyl sites for hydroxylation is 1. The predicted octanol–water partition coefficient (Wildman–Crippen LogP) is 1.93. The van der Waals surface area contributed by atoms with Gasteiger partial charge in [0.15, 0.2) is 6.61 Å². The van der Waals surface area contributed by atoms with E-state index in [4.69, 9.17) is 9.47 Å². The van der Waals surface area contributed by atoms with E-state index in [0.717, 1.165) is 5.56 Å². The summed E-state index contributed by atoms with van der Waals surface area (Å²) in [4.78, 5) is 12.2. The van der Waals surface area contributed by atoms with E-state index in [9.17, 15) is 18.0 Å². The standard InChI is InChI=1S/C16H21F3N2O3/c1-10-3-4-12(13(7-10)24-9-16(17,18)19)8-21-15(22)14-11(2)23-6-5-20-14/h3-4,7,11,14,20H,5-6,8-9H2,1-2H3,(H,21,22)/t11-,14+/m1/s1. The summed E-state index contributed by atoms with van der Waals surface area (Å²) < 4.78 is 47.3. The largest absolute Gasteiger partial charge is 0.484 e. The Balaban J connectivity index is 1.99. The number of rotatable bonds is 5. The van der Waals surface area contributed by atoms with Gasteiger partial charge in [0.25, 0.3) is 0 Å². The van der Waals surface area contributed by atoms with Crippen molar-refractivity contribution in [2.24, 2.45) is 0 Å². The molecule has 2 rings (SSSR count). The number of morpholine rings is 1. The lowest BCUT2D eigenvalue weighted by Crippen LogP contribution is -2.55. The number of benzene rings is 1. The molecule has 24 heavy (non-hydrogen) atoms. The van der Waals surface area contributed by atoms with Crippen molar-refractivity contribution in [2.75, 3.05) is 19.8 Å². The van der Waals surface area contributed by atoms with Crippen LogP contribution < -0.4 is 15.4 Å². The lowest BCUT2D eigenvalue weighted by Gasteiger charge is -2.29. The number of carbonyl (C=O) groups excluding carboxylic acids is 1. The third-order valence-electron chi connectivity index (χ3n) is 3.67. The van der Waals surface area contributed by atoms with E-state index in [1.807, 2.05) is 0 Å². The summed E-state index contributed by atoms with van der Waals surface area (Å²) in [5.74, 6) is -0.141. The number of hydrogen-bond donors (Lipinski definition) is 2. The van der Waals surface area contributed by atoms with Crippen molar-refractivity contribution in [3.8, 4) is 5.75 Å². The first-order chi connectivity index (χ1) is 11.3. The van der Waals surface area contributed by atoms with E-state index < -0.39 is 18.8 Å². The maximum atomic E-state index is 12.4. The molecule has 1 aliphatic rings. The zero-order chi connectivity index (χ0) is 17.7. The zero-order valence-corrected chi connectivity index (χ0v) is 13.6. The van der Waals surface area contributed by atoms with Gasteiger partial charge in [-0.3, -0.25) is 4.79 Å². The van der Waals surface area contributed by atoms with Gasteiger partial charge < -0.3 is 20.1 Å². The van der Waals surface area contributed by atoms with Gasteiger partial charge in [-0.2, -0.15) is 13.2 Å². The van der Waals surface area contributed by atoms with Crippen LogP contribution in [0.25, 0.3) is 0 Å². The molecule has 0 unspecified atom stereocenters. The highest BCUT2D eigenvalue weighted by molar-refractivity contribution is 5.82. The number of nitrogens with one attached hydrogen (secondary N) is 2. The number of carbonyl (C=O) groups is 1. The molecular formula is C16H21F3N2O3. The summed E-state index contributed by atoms with van der Waals surface area (Å²) in [7, 11) is 0. The molecular weight excluding hydrogens is 325 g/mol. The van der Waals surface area contributed by atoms with Crippen LogP contribution in [0.15, 0.2) is 18.2 Å². The second kappa shape index (κ2) is 7.85. The van der Waals surface area contributed by atoms with Crippen molar-refractivity contribution in [1.82, 2.24) is 10.6 Å². The van der Waals surface area contributed by atoms with Gasteiger partial charge in [-0.25, -0.2) is 0 Å². The van der Waals surface area contributed by atoms with Gasteiger partial charge in [0.1, 0.15) is 11.8 Å². The average molecular weight is 346 g/mol. The highest BCUT2D eigenvalue weighted by atomic mass is 19.4. The maximum absolute atomic E-state index is 12.4. The molecule has 0 radical (unpaired) electrons. The molecule has 134 valence electrons. The normalized spacial score (nSPS) is 21.4. The smallest absolute Gasteiger partial charge is 0.422 e. The Morgan fingerprint density at radius 1 is 1.46 bits per heavy atom. The van der Waals surface area contributed by atoms with Crippen molar-refractivity contribution in [2.45, 2.75) is 38.7 Å². The van der Waals surface area contributed by atoms with E-state index >= 15 is 0 Å². The third-order valence-corrected chi connectivity index (χ3v) is 3.67. The molecule has 1 fully saturated rings. The monoisotopic (exact) mass is 346 g/mol. The number of ether oxygens (including phenoxy) is 2. The van der Waals surface area contributed by atoms with E-state index in [2.05, 4.69) is 10.6 Å². The molecule has 1 aromatic rings. The summed E-state index contributed by atoms with van der Waals surface area (Å²) in [6.45, 7) is 3.38. The van der Waals surface area contributed by atoms with Gasteiger partial charge in [0.05, 0.1) is 12.7 Å². The van der Waals surface area contributed by atoms with Crippen molar-refractivity contribution in [3.63, 3.8) is 0 Å². The SMILES string of the molecule is Cc1ccc(CNC(=O)[C@H]2NCCO[C@@H]2C)c(OCC(F)(F)F)c1. The molecule has 1 saturated heterocycles. The minimum atomic E-state index is -4.41. The van der Waals surface area contributed by atoms with Crippen molar-refractivity contribution < 1.29 is 27.4 Å². The lowest BCUT2D eigenvalue weighted by molar-refractivity contribution is -0.153. The van der Waals surface area contributed by atoms with Gasteiger partial charge in [-0.1, -0.05) is 12.1 Å². The molecule has 0 aromatic heterocycles. The Hall–Kier alpha value is -1.80. The Labute approximate surface area is 138 Å². The minimum Gasteiger partial charge on any atom is -0.484 e. The Kier molecular flexibility index (Phi) is 6.06. The molecule has 1 amide bonds. The molecule has 0 spiro atoms. The molecule has 0 bridgehead atoms. The molecule has 1 heterocycles. The van der Waals surface area contributed by atoms with Crippen LogP contribution in [0.4, 0.5) is 13.2 Å². The van der Waals surface area contributed by atoms with E-state index in [0.29, 0.717) is 18.7 Å². The maximum Gasteiger partial charge on any atom is 0.422 e. The molecule has 5 nitrogen and oxygen atoms in total. The van der Waals surface area contributed by atoms with Crippen LogP contribution in [0.3, 0.4) is 0 Å². The van der Waals surface area contributed by atoms with Crippen LogP contribution in [0.1, 0.15) is 18.1 Å². The van der Waals surface area contributed by atoms with Crippen LogP contribution in [-0.2, 0) is 16.1 Å². The average Bonchev–Trinajstić information content (AvgIpc) is 2.51. The van der Waals surface area contributed by atoms with E-state index in [1.165, 1.54) is 6.07 Å². The van der Waals surface area contributed by atoms with Crippen LogP contribution >= 0.6 is 0 Å². The van der Waals surface area contributed by atoms with Crippen LogP contribution in [0.5, 0.6) is 5.75 Å². The lowest BCUT2D eigenvalue weighted by atomic mass is 10.1. The Bertz CT molecular complexity index is 578. The van der Waals surface area contributed by atoms with Gasteiger partial charge >= 0.3 is 6.18 Å². The molecule has 2 N–H and O–H groups in total. The number of amides is 1. The van der Waals surface area contributed by atoms with Crippen LogP contribution in [-0.4, -0.2) is 44.0 Å². The summed E-state index contributed by atoms with van der Waals surface area (Å²) >= 11 is 0. The topological polar surface area (TPSA) is 59.6 Å². The molecule has 0 aliphatic carbocycles. The van der Waals surface area contributed by atoms with Crippen LogP contribution in [0, 0.1) is 6.92 Å². The first-order valence-corrected chi connectivity index (χ1v) is 7.68. The Morgan fingerprint density at radius 3 is 2.88 bits per heavy atom. The molecule has 1 aliphatic heterocycles. The molecule has 8 heteroatoms. The fourth-order valence-corrected chi connectivity index (χ4v) is 2.42. The van der Waals surface area contributed by atoms with Crippen molar-refractivity contribution in [3.05, 3.63) is 29.3 Å². The number of halogens is 3. The highest BCUT2D eigenvalue weighted by Crippen LogP contribution is 2.23. The zero-order valence-electron chi connectivity index (χ0n) is 13.6. The quantitative estimate of drug-likeness (QED) is 0.855. The Morgan fingerprint density at radius 2 is 2.21 bits per heavy atom. The minimum absolute atomic E-state index is 0.0806. The van der Waals surface area contributed by atoms with Gasteiger partial charge in [-0.05, 0) is 25.5 Å². The van der Waals surface area contributed by atoms with Crippen molar-refractivity contribution >= 4 is 5.91 Å². The van der Waals surface area contributed by atoms with Gasteiger partial charge in [0, 0.05) is 18.7 Å². The molecule has 2 atom stereocenters. The number of alkyl halides is 3. The molecule has 1 aromatic carbocycles. The van der Waals surface area contributed by atoms with E-state index in [1.54, 1.807) is 26.0 Å². The summed E-state index contributed by atoms with van der Waals surface area (Å²) in [6, 6.07) is 4.45. The molecule has 0 saturated carbocycles. The first-order valence-electron chi connectivity index (χ1n) is 7.68. The van der Waals surface area contributed by atoms with Gasteiger partial charge in [-0.15, -0.1) is 0 Å². The highest BCUT2D eigenvalue weighted by Gasteiger charge is 2.30.